The molecule has 0 aromatic rings. The lowest BCUT2D eigenvalue weighted by Crippen LogP contribution is -2.40. The van der Waals surface area contributed by atoms with Gasteiger partial charge >= 0.3 is 0 Å². The van der Waals surface area contributed by atoms with E-state index in [4.69, 9.17) is 0 Å². The molecule has 0 N–H and O–H groups in total. The fraction of sp³-hybridized carbons (Fsp3) is 1.00. The van der Waals surface area contributed by atoms with Crippen LogP contribution in [0.15, 0.2) is 0 Å². The van der Waals surface area contributed by atoms with Crippen LogP contribution in [-0.2, 0) is 0 Å². The molecule has 0 aromatic heterocycles. The maximum Gasteiger partial charge on any atom is 0.00951 e. The second kappa shape index (κ2) is 4.76. The summed E-state index contributed by atoms with van der Waals surface area (Å²) in [6, 6.07) is 0.951. The van der Waals surface area contributed by atoms with E-state index < -0.39 is 0 Å². The third-order valence-electron chi connectivity index (χ3n) is 2.80. The van der Waals surface area contributed by atoms with Gasteiger partial charge in [0.25, 0.3) is 0 Å². The molecule has 0 spiro atoms. The van der Waals surface area contributed by atoms with Gasteiger partial charge in [-0.05, 0) is 32.4 Å². The molecule has 0 amide bonds. The van der Waals surface area contributed by atoms with Crippen LogP contribution < -0.4 is 0 Å². The van der Waals surface area contributed by atoms with Gasteiger partial charge in [0.05, 0.1) is 0 Å². The third-order valence-corrected chi connectivity index (χ3v) is 2.80. The van der Waals surface area contributed by atoms with Crippen LogP contribution in [0.1, 0.15) is 46.0 Å². The summed E-state index contributed by atoms with van der Waals surface area (Å²) < 4.78 is 0. The molecular formula is C10H21N. The topological polar surface area (TPSA) is 3.24 Å². The maximum atomic E-state index is 2.65. The van der Waals surface area contributed by atoms with Gasteiger partial charge in [0.15, 0.2) is 0 Å². The van der Waals surface area contributed by atoms with Crippen molar-refractivity contribution in [3.63, 3.8) is 0 Å². The fourth-order valence-corrected chi connectivity index (χ4v) is 1.71. The van der Waals surface area contributed by atoms with Crippen LogP contribution in [0, 0.1) is 0 Å². The van der Waals surface area contributed by atoms with Crippen LogP contribution in [0.5, 0.6) is 0 Å². The summed E-state index contributed by atoms with van der Waals surface area (Å²) in [7, 11) is 0. The first-order valence-electron chi connectivity index (χ1n) is 5.12. The summed E-state index contributed by atoms with van der Waals surface area (Å²) in [5, 5.41) is 0. The van der Waals surface area contributed by atoms with Crippen molar-refractivity contribution >= 4 is 0 Å². The Morgan fingerprint density at radius 1 is 1.27 bits per heavy atom. The minimum absolute atomic E-state index is 0.951. The number of rotatable bonds is 5. The largest absolute Gasteiger partial charge is 0.301 e. The van der Waals surface area contributed by atoms with E-state index in [1.807, 2.05) is 0 Å². The maximum absolute atomic E-state index is 2.65. The zero-order chi connectivity index (χ0) is 8.10. The number of unbranched alkanes of at least 4 members (excludes halogenated alkanes) is 1. The van der Waals surface area contributed by atoms with Crippen LogP contribution in [0.4, 0.5) is 0 Å². The predicted molar refractivity (Wildman–Crippen MR) is 49.8 cm³/mol. The highest BCUT2D eigenvalue weighted by molar-refractivity contribution is 4.78. The van der Waals surface area contributed by atoms with E-state index in [1.165, 1.54) is 45.2 Å². The van der Waals surface area contributed by atoms with Crippen LogP contribution in [0.3, 0.4) is 0 Å². The highest BCUT2D eigenvalue weighted by Crippen LogP contribution is 2.24. The van der Waals surface area contributed by atoms with Crippen LogP contribution in [0.25, 0.3) is 0 Å². The molecule has 1 saturated carbocycles. The summed E-state index contributed by atoms with van der Waals surface area (Å²) >= 11 is 0. The molecule has 1 heteroatoms. The molecular weight excluding hydrogens is 134 g/mol. The van der Waals surface area contributed by atoms with Gasteiger partial charge in [-0.3, -0.25) is 0 Å². The lowest BCUT2D eigenvalue weighted by molar-refractivity contribution is 0.132. The molecule has 0 saturated heterocycles. The van der Waals surface area contributed by atoms with E-state index in [2.05, 4.69) is 18.7 Å². The monoisotopic (exact) mass is 155 g/mol. The van der Waals surface area contributed by atoms with Gasteiger partial charge < -0.3 is 4.90 Å². The first-order chi connectivity index (χ1) is 5.38. The first kappa shape index (κ1) is 9.05. The zero-order valence-electron chi connectivity index (χ0n) is 7.97. The molecule has 0 unspecified atom stereocenters. The average molecular weight is 155 g/mol. The molecule has 66 valence electrons. The summed E-state index contributed by atoms with van der Waals surface area (Å²) in [4.78, 5) is 2.65. The van der Waals surface area contributed by atoms with Crippen LogP contribution in [0.2, 0.25) is 0 Å². The lowest BCUT2D eigenvalue weighted by Gasteiger charge is -2.36. The van der Waals surface area contributed by atoms with E-state index in [0.717, 1.165) is 6.04 Å². The van der Waals surface area contributed by atoms with Gasteiger partial charge in [-0.15, -0.1) is 0 Å². The summed E-state index contributed by atoms with van der Waals surface area (Å²) in [6.45, 7) is 7.14. The average Bonchev–Trinajstić information content (AvgIpc) is 1.93. The summed E-state index contributed by atoms with van der Waals surface area (Å²) in [6.07, 6.45) is 7.09. The van der Waals surface area contributed by atoms with Crippen molar-refractivity contribution in [3.8, 4) is 0 Å². The number of nitrogens with zero attached hydrogens (tertiary/aromatic N) is 1. The van der Waals surface area contributed by atoms with Crippen molar-refractivity contribution in [1.29, 1.82) is 0 Å². The van der Waals surface area contributed by atoms with Gasteiger partial charge in [-0.2, -0.15) is 0 Å². The SMILES string of the molecule is CCCCN(CC)C1CCC1. The van der Waals surface area contributed by atoms with Gasteiger partial charge in [0, 0.05) is 6.04 Å². The van der Waals surface area contributed by atoms with E-state index in [9.17, 15) is 0 Å². The molecule has 0 aliphatic heterocycles. The van der Waals surface area contributed by atoms with Gasteiger partial charge in [0.2, 0.25) is 0 Å². The quantitative estimate of drug-likeness (QED) is 0.590. The van der Waals surface area contributed by atoms with Crippen molar-refractivity contribution < 1.29 is 0 Å². The van der Waals surface area contributed by atoms with Gasteiger partial charge in [-0.25, -0.2) is 0 Å². The van der Waals surface area contributed by atoms with E-state index >= 15 is 0 Å². The number of hydrogen-bond donors (Lipinski definition) is 0. The zero-order valence-corrected chi connectivity index (χ0v) is 7.97. The highest BCUT2D eigenvalue weighted by atomic mass is 15.2. The second-order valence-corrected chi connectivity index (χ2v) is 3.57. The molecule has 1 nitrogen and oxygen atoms in total. The fourth-order valence-electron chi connectivity index (χ4n) is 1.71. The standard InChI is InChI=1S/C10H21N/c1-3-5-9-11(4-2)10-7-6-8-10/h10H,3-9H2,1-2H3. The molecule has 1 fully saturated rings. The van der Waals surface area contributed by atoms with E-state index in [-0.39, 0.29) is 0 Å². The third kappa shape index (κ3) is 2.48. The Morgan fingerprint density at radius 2 is 2.00 bits per heavy atom. The normalized spacial score (nSPS) is 18.8. The Kier molecular flexibility index (Phi) is 3.92. The molecule has 11 heavy (non-hydrogen) atoms. The molecule has 0 bridgehead atoms. The lowest BCUT2D eigenvalue weighted by atomic mass is 9.91. The molecule has 1 rings (SSSR count). The number of hydrogen-bond acceptors (Lipinski definition) is 1. The highest BCUT2D eigenvalue weighted by Gasteiger charge is 2.22. The minimum Gasteiger partial charge on any atom is -0.301 e. The van der Waals surface area contributed by atoms with E-state index in [0.29, 0.717) is 0 Å². The van der Waals surface area contributed by atoms with Crippen LogP contribution in [-0.4, -0.2) is 24.0 Å². The second-order valence-electron chi connectivity index (χ2n) is 3.57. The van der Waals surface area contributed by atoms with Crippen LogP contribution >= 0.6 is 0 Å². The van der Waals surface area contributed by atoms with Crippen molar-refractivity contribution in [3.05, 3.63) is 0 Å². The molecule has 0 atom stereocenters. The molecule has 1 aliphatic carbocycles. The van der Waals surface area contributed by atoms with Crippen molar-refractivity contribution in [2.45, 2.75) is 52.0 Å². The first-order valence-corrected chi connectivity index (χ1v) is 5.12. The minimum atomic E-state index is 0.951. The van der Waals surface area contributed by atoms with Crippen molar-refractivity contribution in [1.82, 2.24) is 4.90 Å². The smallest absolute Gasteiger partial charge is 0.00951 e. The Labute approximate surface area is 70.8 Å². The van der Waals surface area contributed by atoms with E-state index in [1.54, 1.807) is 0 Å². The molecule has 1 aliphatic rings. The molecule has 0 aromatic carbocycles. The molecule has 0 heterocycles. The van der Waals surface area contributed by atoms with Crippen molar-refractivity contribution in [2.24, 2.45) is 0 Å². The Morgan fingerprint density at radius 3 is 2.36 bits per heavy atom. The Balaban J connectivity index is 2.13. The summed E-state index contributed by atoms with van der Waals surface area (Å²) in [5.74, 6) is 0. The Bertz CT molecular complexity index is 97.0. The van der Waals surface area contributed by atoms with Gasteiger partial charge in [0.1, 0.15) is 0 Å². The molecule has 0 radical (unpaired) electrons. The predicted octanol–water partition coefficient (Wildman–Crippen LogP) is 2.66. The van der Waals surface area contributed by atoms with Crippen molar-refractivity contribution in [2.75, 3.05) is 13.1 Å². The summed E-state index contributed by atoms with van der Waals surface area (Å²) in [5.41, 5.74) is 0. The van der Waals surface area contributed by atoms with Gasteiger partial charge in [-0.1, -0.05) is 26.7 Å². The Hall–Kier alpha value is -0.0400.